The summed E-state index contributed by atoms with van der Waals surface area (Å²) in [5, 5.41) is 0. The molecule has 0 atom stereocenters. The summed E-state index contributed by atoms with van der Waals surface area (Å²) in [5.41, 5.74) is 0. The molecule has 0 aromatic heterocycles. The molecule has 0 aliphatic rings. The number of rotatable bonds is 0. The third-order valence-corrected chi connectivity index (χ3v) is 0. The van der Waals surface area contributed by atoms with Gasteiger partial charge in [-0.25, -0.2) is 0 Å². The second-order valence-electron chi connectivity index (χ2n) is 0. The minimum atomic E-state index is 0. The van der Waals surface area contributed by atoms with Crippen molar-refractivity contribution in [2.75, 3.05) is 0 Å². The normalized spacial score (nSPS) is 0.895. The first-order chi connectivity index (χ1) is 16.0. The monoisotopic (exact) mass is 1070 g/mol. The van der Waals surface area contributed by atoms with Crippen molar-refractivity contribution >= 4 is 6.79 Å². The Morgan fingerprint density at radius 2 is 0.184 bits per heavy atom. The largest absolute Gasteiger partial charge is 0.545 e. The first-order valence-electron chi connectivity index (χ1n) is 3.30. The molecule has 6 radical (unpaired) electrons. The van der Waals surface area contributed by atoms with Crippen LogP contribution in [0.4, 0.5) is 0 Å². The van der Waals surface area contributed by atoms with Crippen molar-refractivity contribution in [3.63, 3.8) is 0 Å². The molecule has 22 heteroatoms. The van der Waals surface area contributed by atoms with Crippen LogP contribution in [0.5, 0.6) is 0 Å². The Morgan fingerprint density at radius 3 is 0.184 bits per heavy atom. The van der Waals surface area contributed by atoms with E-state index in [-0.39, 0.29) is 117 Å². The summed E-state index contributed by atoms with van der Waals surface area (Å²) in [4.78, 5) is 7.75. The van der Waals surface area contributed by atoms with Crippen molar-refractivity contribution in [2.45, 2.75) is 0 Å². The minimum Gasteiger partial charge on any atom is -0.545 e. The average molecular weight is 1070 g/mol. The molecule has 0 unspecified atom stereocenters. The molecular formula is C16HO16Rh6-. The molecule has 38 heavy (non-hydrogen) atoms. The van der Waals surface area contributed by atoms with Crippen LogP contribution < -0.4 is 0 Å². The Morgan fingerprint density at radius 1 is 0.184 bits per heavy atom. The number of hydrogen-bond acceptors (Lipinski definition) is 1. The van der Waals surface area contributed by atoms with Crippen molar-refractivity contribution in [3.8, 4) is 0 Å². The van der Waals surface area contributed by atoms with E-state index < -0.39 is 0 Å². The Hall–Kier alpha value is -0.490. The van der Waals surface area contributed by atoms with Gasteiger partial charge in [-0.15, -0.1) is 0 Å². The predicted octanol–water partition coefficient (Wildman–Crippen LogP) is -0.852. The molecule has 0 aliphatic carbocycles. The fourth-order valence-electron chi connectivity index (χ4n) is 0. The second kappa shape index (κ2) is 192000. The van der Waals surface area contributed by atoms with Gasteiger partial charge in [0.1, 0.15) is 0 Å². The van der Waals surface area contributed by atoms with Gasteiger partial charge < -0.3 is 4.79 Å². The minimum absolute atomic E-state index is 0. The summed E-state index contributed by atoms with van der Waals surface area (Å²) in [6.07, 6.45) is 0. The molecular weight excluding hydrogens is 1070 g/mol. The van der Waals surface area contributed by atoms with Crippen LogP contribution >= 0.6 is 0 Å². The van der Waals surface area contributed by atoms with Crippen molar-refractivity contribution < 1.29 is 191 Å². The first-order valence-corrected chi connectivity index (χ1v) is 3.30. The first kappa shape index (κ1) is 208. The van der Waals surface area contributed by atoms with Crippen molar-refractivity contribution in [1.82, 2.24) is 0 Å². The Labute approximate surface area is 295 Å². The van der Waals surface area contributed by atoms with E-state index in [2.05, 4.69) is 107 Å². The van der Waals surface area contributed by atoms with Gasteiger partial charge in [-0.1, -0.05) is 0 Å². The molecule has 0 rings (SSSR count). The zero-order valence-corrected chi connectivity index (χ0v) is 26.4. The maximum atomic E-state index is 7.75. The van der Waals surface area contributed by atoms with E-state index in [1.165, 1.54) is 0 Å². The van der Waals surface area contributed by atoms with Crippen molar-refractivity contribution in [3.05, 3.63) is 99.8 Å². The fourth-order valence-corrected chi connectivity index (χ4v) is 0. The van der Waals surface area contributed by atoms with Crippen LogP contribution in [0.15, 0.2) is 0 Å². The maximum Gasteiger partial charge on any atom is 0 e. The van der Waals surface area contributed by atoms with Gasteiger partial charge in [0.15, 0.2) is 0 Å². The van der Waals surface area contributed by atoms with E-state index in [9.17, 15) is 0 Å². The zero-order valence-electron chi connectivity index (χ0n) is 16.6. The number of hydrogen-bond donors (Lipinski definition) is 0. The van der Waals surface area contributed by atoms with E-state index in [1.807, 2.05) is 0 Å². The summed E-state index contributed by atoms with van der Waals surface area (Å²) in [6.45, 7) is 70.8. The predicted molar refractivity (Wildman–Crippen MR) is 65.7 cm³/mol. The molecule has 0 spiro atoms. The van der Waals surface area contributed by atoms with Crippen LogP contribution in [-0.2, 0) is 191 Å². The molecule has 16 nitrogen and oxygen atoms in total. The van der Waals surface area contributed by atoms with Crippen molar-refractivity contribution in [2.24, 2.45) is 0 Å². The molecule has 0 aliphatic heterocycles. The molecule has 216 valence electrons. The van der Waals surface area contributed by atoms with Crippen LogP contribution in [0, 0.1) is 99.8 Å². The third-order valence-electron chi connectivity index (χ3n) is 0. The van der Waals surface area contributed by atoms with Crippen molar-refractivity contribution in [1.29, 1.82) is 0 Å². The van der Waals surface area contributed by atoms with Gasteiger partial charge in [-0.3, -0.25) is 6.79 Å². The molecule has 0 aromatic carbocycles. The van der Waals surface area contributed by atoms with Crippen LogP contribution in [0.3, 0.4) is 0 Å². The Bertz CT molecular complexity index is 317. The van der Waals surface area contributed by atoms with Gasteiger partial charge in [-0.2, -0.15) is 0 Å². The molecule has 0 N–H and O–H groups in total. The molecule has 0 fully saturated rings. The van der Waals surface area contributed by atoms with Crippen LogP contribution in [-0.4, -0.2) is 6.79 Å². The standard InChI is InChI=1S/CHO.15CO.6Rh/c16*1-2;;;;;;/h1H;;;;;;;;;;;;;;;;;;;;;/q-1;;;;;;;;;;;;;;;;;;;;;. The fraction of sp³-hybridized carbons (Fsp3) is 0. The molecule has 0 heterocycles. The molecule has 0 saturated carbocycles. The van der Waals surface area contributed by atoms with Crippen LogP contribution in [0.25, 0.3) is 0 Å². The van der Waals surface area contributed by atoms with Gasteiger partial charge in [-0.05, 0) is 0 Å². The van der Waals surface area contributed by atoms with Gasteiger partial charge in [0.25, 0.3) is 0 Å². The van der Waals surface area contributed by atoms with E-state index >= 15 is 0 Å². The van der Waals surface area contributed by atoms with Crippen LogP contribution in [0.1, 0.15) is 0 Å². The SMILES string of the molecule is [C-]#[O+].[C-]#[O+].[C-]#[O+].[C-]#[O+].[C-]#[O+].[C-]#[O+].[C-]#[O+].[C-]#[O+].[C-]#[O+].[C-]#[O+].[C-]#[O+].[C-]#[O+].[C-]#[O+].[C-]#[O+].[C-]#[O+].[CH-]=O.[Rh].[Rh].[Rh].[Rh].[Rh].[Rh]. The molecule has 0 amide bonds. The Kier molecular flexibility index (Phi) is 1050000. The maximum absolute atomic E-state index is 7.75. The summed E-state index contributed by atoms with van der Waals surface area (Å²) in [6, 6.07) is 0. The molecule has 0 bridgehead atoms. The van der Waals surface area contributed by atoms with E-state index in [1.54, 1.807) is 0 Å². The summed E-state index contributed by atoms with van der Waals surface area (Å²) in [5.74, 6) is 0. The third kappa shape index (κ3) is 176000. The molecule has 0 aromatic rings. The van der Waals surface area contributed by atoms with E-state index in [0.29, 0.717) is 0 Å². The quantitative estimate of drug-likeness (QED) is 0.127. The average Bonchev–Trinajstić information content (AvgIpc) is 3.05. The van der Waals surface area contributed by atoms with E-state index in [4.69, 9.17) is 74.6 Å². The second-order valence-corrected chi connectivity index (χ2v) is 0. The topological polar surface area (TPSA) is 316 Å². The summed E-state index contributed by atoms with van der Waals surface area (Å²) >= 11 is 0. The van der Waals surface area contributed by atoms with Gasteiger partial charge in [0.2, 0.25) is 0 Å². The number of carbonyl (C=O) groups excluding carboxylic acids is 1. The smallest absolute Gasteiger partial charge is 0 e. The zero-order chi connectivity index (χ0) is 32.0. The van der Waals surface area contributed by atoms with Gasteiger partial charge in [0.05, 0.1) is 0 Å². The van der Waals surface area contributed by atoms with E-state index in [0.717, 1.165) is 0 Å². The summed E-state index contributed by atoms with van der Waals surface area (Å²) in [7, 11) is 0. The van der Waals surface area contributed by atoms with Crippen LogP contribution in [0.2, 0.25) is 0 Å². The summed E-state index contributed by atoms with van der Waals surface area (Å²) < 4.78 is 112. The Balaban J connectivity index is -0.00000000356. The van der Waals surface area contributed by atoms with Gasteiger partial charge in [0, 0.05) is 117 Å². The molecule has 0 saturated heterocycles. The van der Waals surface area contributed by atoms with Gasteiger partial charge >= 0.3 is 170 Å².